The van der Waals surface area contributed by atoms with E-state index in [-0.39, 0.29) is 6.04 Å². The Hall–Kier alpha value is -1.73. The number of benzene rings is 1. The molecule has 23 heavy (non-hydrogen) atoms. The molecule has 7 heteroatoms. The van der Waals surface area contributed by atoms with E-state index in [1.54, 1.807) is 27.4 Å². The Morgan fingerprint density at radius 2 is 1.96 bits per heavy atom. The number of fused-ring (bicyclic) bond motifs is 1. The molecule has 1 unspecified atom stereocenters. The summed E-state index contributed by atoms with van der Waals surface area (Å²) in [5, 5.41) is 7.80. The van der Waals surface area contributed by atoms with Gasteiger partial charge in [0.1, 0.15) is 0 Å². The largest absolute Gasteiger partial charge is 0.248 e. The molecule has 2 aliphatic rings. The summed E-state index contributed by atoms with van der Waals surface area (Å²) >= 11 is 0. The van der Waals surface area contributed by atoms with Crippen molar-refractivity contribution in [3.8, 4) is 0 Å². The molecule has 1 aromatic carbocycles. The molecule has 0 spiro atoms. The summed E-state index contributed by atoms with van der Waals surface area (Å²) in [4.78, 5) is 0.428. The van der Waals surface area contributed by atoms with E-state index in [0.717, 1.165) is 25.7 Å². The van der Waals surface area contributed by atoms with Gasteiger partial charge in [-0.1, -0.05) is 11.3 Å². The maximum absolute atomic E-state index is 12.9. The Bertz CT molecular complexity index is 801. The zero-order chi connectivity index (χ0) is 15.9. The second-order valence-electron chi connectivity index (χ2n) is 6.33. The first-order valence-electron chi connectivity index (χ1n) is 8.12. The minimum absolute atomic E-state index is 0.0740. The molecule has 1 saturated heterocycles. The van der Waals surface area contributed by atoms with Crippen LogP contribution in [-0.4, -0.2) is 40.8 Å². The number of aromatic nitrogens is 3. The topological polar surface area (TPSA) is 68.1 Å². The maximum atomic E-state index is 12.9. The molecule has 1 aliphatic heterocycles. The summed E-state index contributed by atoms with van der Waals surface area (Å²) < 4.78 is 29.2. The predicted molar refractivity (Wildman–Crippen MR) is 85.5 cm³/mol. The predicted octanol–water partition coefficient (Wildman–Crippen LogP) is 1.79. The van der Waals surface area contributed by atoms with Crippen molar-refractivity contribution < 1.29 is 8.42 Å². The third kappa shape index (κ3) is 2.68. The summed E-state index contributed by atoms with van der Waals surface area (Å²) in [6.07, 6.45) is 8.58. The molecular formula is C16H20N4O2S. The Morgan fingerprint density at radius 1 is 1.13 bits per heavy atom. The van der Waals surface area contributed by atoms with Crippen LogP contribution in [0.1, 0.15) is 36.4 Å². The van der Waals surface area contributed by atoms with Gasteiger partial charge in [0.2, 0.25) is 10.0 Å². The average Bonchev–Trinajstić information content (AvgIpc) is 3.25. The monoisotopic (exact) mass is 332 g/mol. The third-order valence-electron chi connectivity index (χ3n) is 4.90. The molecule has 0 N–H and O–H groups in total. The standard InChI is InChI=1S/C16H20N4O2S/c21-23(22,16-6-5-13-3-1-2-4-14(13)11-16)19-9-7-15(12-19)20-10-8-17-18-20/h5-6,8,10-11,15H,1-4,7,9,12H2. The first-order chi connectivity index (χ1) is 11.1. The molecule has 4 rings (SSSR count). The molecule has 1 aliphatic carbocycles. The smallest absolute Gasteiger partial charge is 0.243 e. The third-order valence-corrected chi connectivity index (χ3v) is 6.76. The van der Waals surface area contributed by atoms with Crippen molar-refractivity contribution in [2.24, 2.45) is 0 Å². The lowest BCUT2D eigenvalue weighted by atomic mass is 9.92. The summed E-state index contributed by atoms with van der Waals surface area (Å²) in [6, 6.07) is 5.71. The van der Waals surface area contributed by atoms with E-state index in [1.165, 1.54) is 17.5 Å². The lowest BCUT2D eigenvalue weighted by molar-refractivity contribution is 0.428. The van der Waals surface area contributed by atoms with Crippen LogP contribution in [0.15, 0.2) is 35.5 Å². The fourth-order valence-electron chi connectivity index (χ4n) is 3.58. The van der Waals surface area contributed by atoms with E-state index in [2.05, 4.69) is 10.3 Å². The van der Waals surface area contributed by atoms with Crippen LogP contribution in [0.3, 0.4) is 0 Å². The zero-order valence-corrected chi connectivity index (χ0v) is 13.7. The minimum Gasteiger partial charge on any atom is -0.248 e. The van der Waals surface area contributed by atoms with Crippen LogP contribution < -0.4 is 0 Å². The average molecular weight is 332 g/mol. The normalized spacial score (nSPS) is 22.2. The van der Waals surface area contributed by atoms with Gasteiger partial charge in [0, 0.05) is 19.3 Å². The number of nitrogens with zero attached hydrogens (tertiary/aromatic N) is 4. The van der Waals surface area contributed by atoms with E-state index < -0.39 is 10.0 Å². The van der Waals surface area contributed by atoms with Gasteiger partial charge in [0.05, 0.1) is 17.1 Å². The minimum atomic E-state index is -3.42. The van der Waals surface area contributed by atoms with E-state index in [1.807, 2.05) is 12.1 Å². The van der Waals surface area contributed by atoms with Crippen LogP contribution in [0, 0.1) is 0 Å². The zero-order valence-electron chi connectivity index (χ0n) is 12.9. The highest BCUT2D eigenvalue weighted by atomic mass is 32.2. The molecule has 0 radical (unpaired) electrons. The number of hydrogen-bond acceptors (Lipinski definition) is 4. The van der Waals surface area contributed by atoms with Gasteiger partial charge in [0.15, 0.2) is 0 Å². The maximum Gasteiger partial charge on any atom is 0.243 e. The molecule has 122 valence electrons. The Balaban J connectivity index is 1.58. The van der Waals surface area contributed by atoms with Crippen LogP contribution >= 0.6 is 0 Å². The molecule has 1 aromatic heterocycles. The lowest BCUT2D eigenvalue weighted by Crippen LogP contribution is -2.29. The van der Waals surface area contributed by atoms with Crippen molar-refractivity contribution >= 4 is 10.0 Å². The van der Waals surface area contributed by atoms with Crippen molar-refractivity contribution in [1.82, 2.24) is 19.3 Å². The van der Waals surface area contributed by atoms with Crippen LogP contribution in [-0.2, 0) is 22.9 Å². The van der Waals surface area contributed by atoms with Gasteiger partial charge in [0.25, 0.3) is 0 Å². The molecule has 1 atom stereocenters. The van der Waals surface area contributed by atoms with Gasteiger partial charge >= 0.3 is 0 Å². The molecule has 1 fully saturated rings. The van der Waals surface area contributed by atoms with Crippen molar-refractivity contribution in [3.63, 3.8) is 0 Å². The molecule has 0 saturated carbocycles. The molecule has 2 heterocycles. The van der Waals surface area contributed by atoms with Gasteiger partial charge in [-0.2, -0.15) is 4.31 Å². The van der Waals surface area contributed by atoms with E-state index in [0.29, 0.717) is 18.0 Å². The first kappa shape index (κ1) is 14.8. The van der Waals surface area contributed by atoms with Crippen LogP contribution in [0.5, 0.6) is 0 Å². The number of aryl methyl sites for hydroxylation is 2. The molecule has 6 nitrogen and oxygen atoms in total. The fraction of sp³-hybridized carbons (Fsp3) is 0.500. The van der Waals surface area contributed by atoms with Gasteiger partial charge in [-0.3, -0.25) is 0 Å². The van der Waals surface area contributed by atoms with Crippen molar-refractivity contribution in [1.29, 1.82) is 0 Å². The highest BCUT2D eigenvalue weighted by Crippen LogP contribution is 2.29. The SMILES string of the molecule is O=S(=O)(c1ccc2c(c1)CCCC2)N1CCC(n2ccnn2)C1. The lowest BCUT2D eigenvalue weighted by Gasteiger charge is -2.20. The van der Waals surface area contributed by atoms with Crippen LogP contribution in [0.4, 0.5) is 0 Å². The first-order valence-corrected chi connectivity index (χ1v) is 9.56. The summed E-state index contributed by atoms with van der Waals surface area (Å²) in [5.74, 6) is 0. The summed E-state index contributed by atoms with van der Waals surface area (Å²) in [7, 11) is -3.42. The van der Waals surface area contributed by atoms with Crippen molar-refractivity contribution in [2.75, 3.05) is 13.1 Å². The van der Waals surface area contributed by atoms with E-state index >= 15 is 0 Å². The number of hydrogen-bond donors (Lipinski definition) is 0. The van der Waals surface area contributed by atoms with Gasteiger partial charge in [-0.25, -0.2) is 13.1 Å². The summed E-state index contributed by atoms with van der Waals surface area (Å²) in [6.45, 7) is 0.993. The second kappa shape index (κ2) is 5.72. The van der Waals surface area contributed by atoms with Crippen LogP contribution in [0.2, 0.25) is 0 Å². The van der Waals surface area contributed by atoms with Gasteiger partial charge < -0.3 is 0 Å². The number of sulfonamides is 1. The molecule has 0 bridgehead atoms. The quantitative estimate of drug-likeness (QED) is 0.859. The Morgan fingerprint density at radius 3 is 2.74 bits per heavy atom. The molecular weight excluding hydrogens is 312 g/mol. The summed E-state index contributed by atoms with van der Waals surface area (Å²) in [5.41, 5.74) is 2.50. The highest BCUT2D eigenvalue weighted by Gasteiger charge is 2.34. The van der Waals surface area contributed by atoms with E-state index in [9.17, 15) is 8.42 Å². The Kier molecular flexibility index (Phi) is 3.69. The van der Waals surface area contributed by atoms with Crippen molar-refractivity contribution in [2.45, 2.75) is 43.0 Å². The second-order valence-corrected chi connectivity index (χ2v) is 8.26. The van der Waals surface area contributed by atoms with Gasteiger partial charge in [-0.15, -0.1) is 5.10 Å². The van der Waals surface area contributed by atoms with E-state index in [4.69, 9.17) is 0 Å². The fourth-order valence-corrected chi connectivity index (χ4v) is 5.12. The highest BCUT2D eigenvalue weighted by molar-refractivity contribution is 7.89. The molecule has 2 aromatic rings. The Labute approximate surface area is 136 Å². The van der Waals surface area contributed by atoms with Crippen LogP contribution in [0.25, 0.3) is 0 Å². The molecule has 0 amide bonds. The number of rotatable bonds is 3. The van der Waals surface area contributed by atoms with Gasteiger partial charge in [-0.05, 0) is 55.4 Å². The van der Waals surface area contributed by atoms with Crippen molar-refractivity contribution in [3.05, 3.63) is 41.7 Å².